The minimum absolute atomic E-state index is 0.0468. The fraction of sp³-hybridized carbons (Fsp3) is 1.00. The Labute approximate surface area is 67.6 Å². The summed E-state index contributed by atoms with van der Waals surface area (Å²) in [5.41, 5.74) is 2.00. The molecule has 0 saturated heterocycles. The van der Waals surface area contributed by atoms with E-state index in [9.17, 15) is 0 Å². The SMILES string of the molecule is CCC(C)[Si](C)C(C)CC. The van der Waals surface area contributed by atoms with Gasteiger partial charge in [-0.15, -0.1) is 0 Å². The van der Waals surface area contributed by atoms with Gasteiger partial charge in [0.15, 0.2) is 0 Å². The summed E-state index contributed by atoms with van der Waals surface area (Å²) < 4.78 is 0. The largest absolute Gasteiger partial charge is 0.0707 e. The molecule has 0 aromatic rings. The number of rotatable bonds is 4. The molecule has 0 bridgehead atoms. The summed E-state index contributed by atoms with van der Waals surface area (Å²) in [6.07, 6.45) is 2.74. The fourth-order valence-corrected chi connectivity index (χ4v) is 3.39. The van der Waals surface area contributed by atoms with Crippen LogP contribution in [0.5, 0.6) is 0 Å². The lowest BCUT2D eigenvalue weighted by Gasteiger charge is -2.21. The van der Waals surface area contributed by atoms with Crippen molar-refractivity contribution in [3.05, 3.63) is 0 Å². The smallest absolute Gasteiger partial charge is 0.0506 e. The van der Waals surface area contributed by atoms with Gasteiger partial charge in [0, 0.05) is 0 Å². The third-order valence-electron chi connectivity index (χ3n) is 2.78. The molecule has 0 amide bonds. The van der Waals surface area contributed by atoms with Crippen LogP contribution in [0.1, 0.15) is 40.5 Å². The highest BCUT2D eigenvalue weighted by atomic mass is 28.3. The maximum atomic E-state index is 2.48. The van der Waals surface area contributed by atoms with E-state index in [1.165, 1.54) is 12.8 Å². The first kappa shape index (κ1) is 10.2. The van der Waals surface area contributed by atoms with E-state index < -0.39 is 0 Å². The zero-order chi connectivity index (χ0) is 8.15. The maximum absolute atomic E-state index is 2.48. The van der Waals surface area contributed by atoms with E-state index >= 15 is 0 Å². The molecule has 0 aromatic heterocycles. The summed E-state index contributed by atoms with van der Waals surface area (Å²) in [6.45, 7) is 11.9. The Hall–Kier alpha value is 0.217. The summed E-state index contributed by atoms with van der Waals surface area (Å²) in [6, 6.07) is 0. The third-order valence-corrected chi connectivity index (χ3v) is 6.71. The lowest BCUT2D eigenvalue weighted by atomic mass is 10.3. The van der Waals surface area contributed by atoms with Gasteiger partial charge in [-0.3, -0.25) is 0 Å². The quantitative estimate of drug-likeness (QED) is 0.546. The molecule has 0 aromatic carbocycles. The molecule has 0 aliphatic heterocycles. The molecule has 2 unspecified atom stereocenters. The maximum Gasteiger partial charge on any atom is 0.0506 e. The van der Waals surface area contributed by atoms with E-state index in [0.717, 1.165) is 11.1 Å². The molecule has 0 aliphatic rings. The van der Waals surface area contributed by atoms with Gasteiger partial charge < -0.3 is 0 Å². The molecular formula is C9H21Si. The second-order valence-corrected chi connectivity index (χ2v) is 6.82. The Morgan fingerprint density at radius 3 is 1.50 bits per heavy atom. The highest BCUT2D eigenvalue weighted by Gasteiger charge is 2.17. The van der Waals surface area contributed by atoms with Crippen LogP contribution in [0, 0.1) is 0 Å². The van der Waals surface area contributed by atoms with Crippen molar-refractivity contribution in [1.29, 1.82) is 0 Å². The second kappa shape index (κ2) is 4.95. The lowest BCUT2D eigenvalue weighted by Crippen LogP contribution is -2.18. The van der Waals surface area contributed by atoms with E-state index in [1.54, 1.807) is 0 Å². The van der Waals surface area contributed by atoms with Crippen LogP contribution >= 0.6 is 0 Å². The molecular weight excluding hydrogens is 136 g/mol. The Bertz CT molecular complexity index is 70.8. The third kappa shape index (κ3) is 2.87. The van der Waals surface area contributed by atoms with Crippen molar-refractivity contribution in [2.45, 2.75) is 58.2 Å². The molecule has 0 spiro atoms. The molecule has 0 N–H and O–H groups in total. The summed E-state index contributed by atoms with van der Waals surface area (Å²) >= 11 is 0. The van der Waals surface area contributed by atoms with Crippen LogP contribution in [0.3, 0.4) is 0 Å². The predicted molar refractivity (Wildman–Crippen MR) is 51.0 cm³/mol. The molecule has 10 heavy (non-hydrogen) atoms. The van der Waals surface area contributed by atoms with Crippen LogP contribution in [0.15, 0.2) is 0 Å². The molecule has 0 saturated carbocycles. The molecule has 2 atom stereocenters. The van der Waals surface area contributed by atoms with Crippen molar-refractivity contribution in [3.63, 3.8) is 0 Å². The summed E-state index contributed by atoms with van der Waals surface area (Å²) in [5.74, 6) is 0. The predicted octanol–water partition coefficient (Wildman–Crippen LogP) is 3.71. The van der Waals surface area contributed by atoms with Crippen LogP contribution in [0.25, 0.3) is 0 Å². The number of hydrogen-bond donors (Lipinski definition) is 0. The van der Waals surface area contributed by atoms with Crippen LogP contribution in [0.4, 0.5) is 0 Å². The van der Waals surface area contributed by atoms with Crippen molar-refractivity contribution in [2.24, 2.45) is 0 Å². The Morgan fingerprint density at radius 1 is 1.00 bits per heavy atom. The summed E-state index contributed by atoms with van der Waals surface area (Å²) in [5, 5.41) is 0. The standard InChI is InChI=1S/C9H21Si/c1-6-8(3)10(5)9(4)7-2/h8-9H,6-7H2,1-5H3. The monoisotopic (exact) mass is 157 g/mol. The molecule has 0 heterocycles. The fourth-order valence-electron chi connectivity index (χ4n) is 1.13. The first-order chi connectivity index (χ1) is 4.63. The van der Waals surface area contributed by atoms with Crippen LogP contribution in [-0.2, 0) is 0 Å². The first-order valence-electron chi connectivity index (χ1n) is 4.46. The van der Waals surface area contributed by atoms with E-state index in [1.807, 2.05) is 0 Å². The highest BCUT2D eigenvalue weighted by Crippen LogP contribution is 2.25. The van der Waals surface area contributed by atoms with Crippen molar-refractivity contribution in [2.75, 3.05) is 0 Å². The molecule has 0 fully saturated rings. The molecule has 1 radical (unpaired) electrons. The zero-order valence-electron chi connectivity index (χ0n) is 8.07. The van der Waals surface area contributed by atoms with Gasteiger partial charge in [-0.25, -0.2) is 0 Å². The average Bonchev–Trinajstić information content (AvgIpc) is 2.00. The minimum Gasteiger partial charge on any atom is -0.0707 e. The zero-order valence-corrected chi connectivity index (χ0v) is 9.07. The van der Waals surface area contributed by atoms with Gasteiger partial charge in [-0.2, -0.15) is 0 Å². The van der Waals surface area contributed by atoms with Crippen molar-refractivity contribution < 1.29 is 0 Å². The van der Waals surface area contributed by atoms with E-state index in [4.69, 9.17) is 0 Å². The highest BCUT2D eigenvalue weighted by molar-refractivity contribution is 6.60. The van der Waals surface area contributed by atoms with Gasteiger partial charge >= 0.3 is 0 Å². The molecule has 61 valence electrons. The van der Waals surface area contributed by atoms with E-state index in [-0.39, 0.29) is 8.80 Å². The topological polar surface area (TPSA) is 0 Å². The van der Waals surface area contributed by atoms with Gasteiger partial charge in [-0.1, -0.05) is 58.2 Å². The normalized spacial score (nSPS) is 17.4. The van der Waals surface area contributed by atoms with Crippen LogP contribution in [0.2, 0.25) is 17.6 Å². The van der Waals surface area contributed by atoms with Crippen molar-refractivity contribution >= 4 is 8.80 Å². The van der Waals surface area contributed by atoms with Crippen LogP contribution in [-0.4, -0.2) is 8.80 Å². The van der Waals surface area contributed by atoms with Crippen LogP contribution < -0.4 is 0 Å². The first-order valence-corrected chi connectivity index (χ1v) is 6.62. The summed E-state index contributed by atoms with van der Waals surface area (Å²) in [4.78, 5) is 0. The van der Waals surface area contributed by atoms with Crippen molar-refractivity contribution in [1.82, 2.24) is 0 Å². The Balaban J connectivity index is 3.69. The molecule has 1 heteroatoms. The lowest BCUT2D eigenvalue weighted by molar-refractivity contribution is 0.784. The molecule has 0 nitrogen and oxygen atoms in total. The van der Waals surface area contributed by atoms with E-state index in [2.05, 4.69) is 34.2 Å². The van der Waals surface area contributed by atoms with Crippen molar-refractivity contribution in [3.8, 4) is 0 Å². The molecule has 0 rings (SSSR count). The van der Waals surface area contributed by atoms with Gasteiger partial charge in [0.1, 0.15) is 0 Å². The van der Waals surface area contributed by atoms with Gasteiger partial charge in [0.2, 0.25) is 0 Å². The van der Waals surface area contributed by atoms with E-state index in [0.29, 0.717) is 0 Å². The Morgan fingerprint density at radius 2 is 1.30 bits per heavy atom. The Kier molecular flexibility index (Phi) is 5.05. The second-order valence-electron chi connectivity index (χ2n) is 3.36. The van der Waals surface area contributed by atoms with Gasteiger partial charge in [0.25, 0.3) is 0 Å². The average molecular weight is 157 g/mol. The summed E-state index contributed by atoms with van der Waals surface area (Å²) in [7, 11) is -0.0468. The van der Waals surface area contributed by atoms with Gasteiger partial charge in [0.05, 0.1) is 8.80 Å². The minimum atomic E-state index is -0.0468. The number of hydrogen-bond acceptors (Lipinski definition) is 0. The molecule has 0 aliphatic carbocycles. The van der Waals surface area contributed by atoms with Gasteiger partial charge in [-0.05, 0) is 0 Å².